The van der Waals surface area contributed by atoms with Crippen molar-refractivity contribution in [1.82, 2.24) is 0 Å². The molecule has 3 nitrogen and oxygen atoms in total. The SMILES string of the molecule is CCCCOCCOCC(N)c1ccc(CC)cc1. The first-order chi connectivity index (χ1) is 9.27. The minimum atomic E-state index is -0.0541. The van der Waals surface area contributed by atoms with Gasteiger partial charge >= 0.3 is 0 Å². The summed E-state index contributed by atoms with van der Waals surface area (Å²) < 4.78 is 11.0. The predicted octanol–water partition coefficient (Wildman–Crippen LogP) is 3.08. The largest absolute Gasteiger partial charge is 0.379 e. The third-order valence-corrected chi connectivity index (χ3v) is 3.13. The van der Waals surface area contributed by atoms with Crippen LogP contribution in [0.4, 0.5) is 0 Å². The lowest BCUT2D eigenvalue weighted by Gasteiger charge is -2.13. The van der Waals surface area contributed by atoms with Gasteiger partial charge in [-0.1, -0.05) is 44.5 Å². The van der Waals surface area contributed by atoms with Gasteiger partial charge in [0.1, 0.15) is 0 Å². The highest BCUT2D eigenvalue weighted by Gasteiger charge is 2.05. The fourth-order valence-electron chi connectivity index (χ4n) is 1.77. The normalized spacial score (nSPS) is 12.6. The molecule has 19 heavy (non-hydrogen) atoms. The van der Waals surface area contributed by atoms with Crippen LogP contribution in [-0.4, -0.2) is 26.4 Å². The van der Waals surface area contributed by atoms with Crippen LogP contribution in [-0.2, 0) is 15.9 Å². The van der Waals surface area contributed by atoms with Crippen LogP contribution in [0.5, 0.6) is 0 Å². The quantitative estimate of drug-likeness (QED) is 0.661. The average Bonchev–Trinajstić information content (AvgIpc) is 2.46. The molecule has 0 aliphatic heterocycles. The Balaban J connectivity index is 2.14. The minimum Gasteiger partial charge on any atom is -0.379 e. The lowest BCUT2D eigenvalue weighted by atomic mass is 10.1. The summed E-state index contributed by atoms with van der Waals surface area (Å²) in [6, 6.07) is 8.38. The van der Waals surface area contributed by atoms with E-state index in [2.05, 4.69) is 38.1 Å². The molecule has 0 aliphatic rings. The lowest BCUT2D eigenvalue weighted by Crippen LogP contribution is -2.18. The number of hydrogen-bond acceptors (Lipinski definition) is 3. The number of benzene rings is 1. The second-order valence-corrected chi connectivity index (χ2v) is 4.74. The van der Waals surface area contributed by atoms with E-state index < -0.39 is 0 Å². The van der Waals surface area contributed by atoms with E-state index in [4.69, 9.17) is 15.2 Å². The van der Waals surface area contributed by atoms with Crippen LogP contribution in [0.15, 0.2) is 24.3 Å². The predicted molar refractivity (Wildman–Crippen MR) is 79.3 cm³/mol. The Bertz CT molecular complexity index is 324. The van der Waals surface area contributed by atoms with E-state index in [1.807, 2.05) is 0 Å². The van der Waals surface area contributed by atoms with Crippen LogP contribution in [0.25, 0.3) is 0 Å². The molecule has 108 valence electrons. The number of nitrogens with two attached hydrogens (primary N) is 1. The Morgan fingerprint density at radius 3 is 2.32 bits per heavy atom. The van der Waals surface area contributed by atoms with Gasteiger partial charge in [-0.15, -0.1) is 0 Å². The number of aryl methyl sites for hydroxylation is 1. The molecule has 0 saturated heterocycles. The molecule has 1 unspecified atom stereocenters. The van der Waals surface area contributed by atoms with Crippen molar-refractivity contribution in [3.05, 3.63) is 35.4 Å². The third-order valence-electron chi connectivity index (χ3n) is 3.13. The molecule has 1 aromatic rings. The van der Waals surface area contributed by atoms with E-state index in [-0.39, 0.29) is 6.04 Å². The topological polar surface area (TPSA) is 44.5 Å². The number of hydrogen-bond donors (Lipinski definition) is 1. The fraction of sp³-hybridized carbons (Fsp3) is 0.625. The zero-order valence-electron chi connectivity index (χ0n) is 12.2. The van der Waals surface area contributed by atoms with Gasteiger partial charge in [0.15, 0.2) is 0 Å². The Morgan fingerprint density at radius 1 is 1.00 bits per heavy atom. The molecule has 0 spiro atoms. The molecule has 1 rings (SSSR count). The standard InChI is InChI=1S/C16H27NO2/c1-3-5-10-18-11-12-19-13-16(17)15-8-6-14(4-2)7-9-15/h6-9,16H,3-5,10-13,17H2,1-2H3. The third kappa shape index (κ3) is 6.71. The van der Waals surface area contributed by atoms with Crippen molar-refractivity contribution >= 4 is 0 Å². The van der Waals surface area contributed by atoms with Crippen LogP contribution >= 0.6 is 0 Å². The number of ether oxygens (including phenoxy) is 2. The summed E-state index contributed by atoms with van der Waals surface area (Å²) in [5, 5.41) is 0. The van der Waals surface area contributed by atoms with E-state index in [9.17, 15) is 0 Å². The molecule has 0 heterocycles. The molecule has 1 aromatic carbocycles. The second-order valence-electron chi connectivity index (χ2n) is 4.74. The van der Waals surface area contributed by atoms with Crippen LogP contribution < -0.4 is 5.73 Å². The molecule has 0 aliphatic carbocycles. The molecular weight excluding hydrogens is 238 g/mol. The fourth-order valence-corrected chi connectivity index (χ4v) is 1.77. The zero-order chi connectivity index (χ0) is 13.9. The first-order valence-corrected chi connectivity index (χ1v) is 7.27. The summed E-state index contributed by atoms with van der Waals surface area (Å²) in [6.07, 6.45) is 3.34. The smallest absolute Gasteiger partial charge is 0.0701 e. The van der Waals surface area contributed by atoms with Crippen LogP contribution in [0.2, 0.25) is 0 Å². The molecule has 2 N–H and O–H groups in total. The molecule has 0 bridgehead atoms. The highest BCUT2D eigenvalue weighted by molar-refractivity contribution is 5.24. The first kappa shape index (κ1) is 16.2. The molecule has 0 saturated carbocycles. The maximum absolute atomic E-state index is 6.08. The summed E-state index contributed by atoms with van der Waals surface area (Å²) in [4.78, 5) is 0. The second kappa shape index (κ2) is 9.96. The lowest BCUT2D eigenvalue weighted by molar-refractivity contribution is 0.0416. The van der Waals surface area contributed by atoms with Gasteiger partial charge in [0.05, 0.1) is 25.9 Å². The van der Waals surface area contributed by atoms with Gasteiger partial charge in [0.2, 0.25) is 0 Å². The maximum Gasteiger partial charge on any atom is 0.0701 e. The Labute approximate surface area is 117 Å². The molecule has 0 amide bonds. The summed E-state index contributed by atoms with van der Waals surface area (Å²) in [6.45, 7) is 6.94. The van der Waals surface area contributed by atoms with Crippen molar-refractivity contribution in [3.8, 4) is 0 Å². The maximum atomic E-state index is 6.08. The summed E-state index contributed by atoms with van der Waals surface area (Å²) in [7, 11) is 0. The zero-order valence-corrected chi connectivity index (χ0v) is 12.2. The van der Waals surface area contributed by atoms with Gasteiger partial charge in [-0.3, -0.25) is 0 Å². The van der Waals surface area contributed by atoms with Crippen LogP contribution in [0.3, 0.4) is 0 Å². The van der Waals surface area contributed by atoms with Crippen molar-refractivity contribution in [3.63, 3.8) is 0 Å². The van der Waals surface area contributed by atoms with Gasteiger partial charge in [-0.2, -0.15) is 0 Å². The Kier molecular flexibility index (Phi) is 8.47. The molecule has 3 heteroatoms. The molecule has 0 aromatic heterocycles. The van der Waals surface area contributed by atoms with Crippen molar-refractivity contribution in [1.29, 1.82) is 0 Å². The van der Waals surface area contributed by atoms with Crippen LogP contribution in [0, 0.1) is 0 Å². The van der Waals surface area contributed by atoms with E-state index in [0.717, 1.165) is 25.0 Å². The van der Waals surface area contributed by atoms with Gasteiger partial charge in [0.25, 0.3) is 0 Å². The van der Waals surface area contributed by atoms with E-state index in [1.165, 1.54) is 12.0 Å². The Hall–Kier alpha value is -0.900. The molecular formula is C16H27NO2. The van der Waals surface area contributed by atoms with E-state index in [1.54, 1.807) is 0 Å². The monoisotopic (exact) mass is 265 g/mol. The van der Waals surface area contributed by atoms with Gasteiger partial charge in [-0.25, -0.2) is 0 Å². The van der Waals surface area contributed by atoms with E-state index in [0.29, 0.717) is 19.8 Å². The molecule has 0 radical (unpaired) electrons. The highest BCUT2D eigenvalue weighted by atomic mass is 16.5. The Morgan fingerprint density at radius 2 is 1.68 bits per heavy atom. The summed E-state index contributed by atoms with van der Waals surface area (Å²) >= 11 is 0. The molecule has 1 atom stereocenters. The van der Waals surface area contributed by atoms with Crippen LogP contribution in [0.1, 0.15) is 43.9 Å². The average molecular weight is 265 g/mol. The summed E-state index contributed by atoms with van der Waals surface area (Å²) in [5.41, 5.74) is 8.55. The highest BCUT2D eigenvalue weighted by Crippen LogP contribution is 2.12. The number of unbranched alkanes of at least 4 members (excludes halogenated alkanes) is 1. The van der Waals surface area contributed by atoms with Crippen molar-refractivity contribution in [2.45, 2.75) is 39.2 Å². The minimum absolute atomic E-state index is 0.0541. The summed E-state index contributed by atoms with van der Waals surface area (Å²) in [5.74, 6) is 0. The van der Waals surface area contributed by atoms with Gasteiger partial charge in [0, 0.05) is 6.61 Å². The van der Waals surface area contributed by atoms with Gasteiger partial charge in [-0.05, 0) is 24.0 Å². The van der Waals surface area contributed by atoms with E-state index >= 15 is 0 Å². The van der Waals surface area contributed by atoms with Crippen molar-refractivity contribution in [2.24, 2.45) is 5.73 Å². The molecule has 0 fully saturated rings. The van der Waals surface area contributed by atoms with Crippen molar-refractivity contribution < 1.29 is 9.47 Å². The number of rotatable bonds is 10. The van der Waals surface area contributed by atoms with Gasteiger partial charge < -0.3 is 15.2 Å². The first-order valence-electron chi connectivity index (χ1n) is 7.27. The van der Waals surface area contributed by atoms with Crippen molar-refractivity contribution in [2.75, 3.05) is 26.4 Å².